The Bertz CT molecular complexity index is 473. The predicted molar refractivity (Wildman–Crippen MR) is 78.3 cm³/mol. The highest BCUT2D eigenvalue weighted by atomic mass is 32.2. The fraction of sp³-hybridized carbons (Fsp3) is 0.667. The van der Waals surface area contributed by atoms with Gasteiger partial charge in [-0.05, 0) is 43.2 Å². The zero-order valence-electron chi connectivity index (χ0n) is 10.9. The number of nitrogens with one attached hydrogen (secondary N) is 1. The van der Waals surface area contributed by atoms with Crippen LogP contribution in [0.25, 0.3) is 0 Å². The van der Waals surface area contributed by atoms with Gasteiger partial charge in [-0.25, -0.2) is 4.72 Å². The van der Waals surface area contributed by atoms with E-state index in [9.17, 15) is 8.42 Å². The summed E-state index contributed by atoms with van der Waals surface area (Å²) < 4.78 is 28.5. The van der Waals surface area contributed by atoms with Crippen LogP contribution in [0.3, 0.4) is 0 Å². The van der Waals surface area contributed by atoms with Crippen molar-refractivity contribution in [2.45, 2.75) is 19.3 Å². The average Bonchev–Trinajstić information content (AvgIpc) is 2.92. The summed E-state index contributed by atoms with van der Waals surface area (Å²) in [5.41, 5.74) is 5.63. The molecule has 1 aliphatic heterocycles. The SMILES string of the molecule is NCC1CCCN(S(=O)(=O)NCCc2cccs2)C1. The minimum absolute atomic E-state index is 0.294. The molecule has 0 amide bonds. The molecule has 3 N–H and O–H groups in total. The zero-order chi connectivity index (χ0) is 13.7. The van der Waals surface area contributed by atoms with Gasteiger partial charge in [-0.1, -0.05) is 6.07 Å². The standard InChI is InChI=1S/C12H21N3O2S2/c13-9-11-3-1-7-15(10-11)19(16,17)14-6-5-12-4-2-8-18-12/h2,4,8,11,14H,1,3,5-7,9-10,13H2. The molecular weight excluding hydrogens is 282 g/mol. The van der Waals surface area contributed by atoms with E-state index in [1.807, 2.05) is 17.5 Å². The summed E-state index contributed by atoms with van der Waals surface area (Å²) in [6, 6.07) is 4.00. The largest absolute Gasteiger partial charge is 0.330 e. The fourth-order valence-electron chi connectivity index (χ4n) is 2.29. The summed E-state index contributed by atoms with van der Waals surface area (Å²) >= 11 is 1.65. The van der Waals surface area contributed by atoms with E-state index in [1.165, 1.54) is 9.18 Å². The lowest BCUT2D eigenvalue weighted by molar-refractivity contribution is 0.269. The van der Waals surface area contributed by atoms with Crippen LogP contribution < -0.4 is 10.5 Å². The lowest BCUT2D eigenvalue weighted by Gasteiger charge is -2.31. The second-order valence-electron chi connectivity index (χ2n) is 4.83. The number of nitrogens with two attached hydrogens (primary N) is 1. The molecule has 7 heteroatoms. The molecule has 0 bridgehead atoms. The van der Waals surface area contributed by atoms with Crippen LogP contribution in [0, 0.1) is 5.92 Å². The third-order valence-electron chi connectivity index (χ3n) is 3.39. The molecular formula is C12H21N3O2S2. The van der Waals surface area contributed by atoms with E-state index in [0.717, 1.165) is 19.3 Å². The molecule has 1 aromatic rings. The lowest BCUT2D eigenvalue weighted by atomic mass is 10.0. The van der Waals surface area contributed by atoms with Crippen molar-refractivity contribution >= 4 is 21.5 Å². The molecule has 2 heterocycles. The summed E-state index contributed by atoms with van der Waals surface area (Å²) in [5, 5.41) is 2.00. The molecule has 0 aromatic carbocycles. The van der Waals surface area contributed by atoms with Gasteiger partial charge in [0, 0.05) is 24.5 Å². The summed E-state index contributed by atoms with van der Waals surface area (Å²) in [5.74, 6) is 0.294. The van der Waals surface area contributed by atoms with Gasteiger partial charge in [0.2, 0.25) is 0 Å². The van der Waals surface area contributed by atoms with E-state index in [4.69, 9.17) is 5.73 Å². The van der Waals surface area contributed by atoms with E-state index in [0.29, 0.717) is 32.1 Å². The lowest BCUT2D eigenvalue weighted by Crippen LogP contribution is -2.47. The number of piperidine rings is 1. The van der Waals surface area contributed by atoms with Gasteiger partial charge < -0.3 is 5.73 Å². The van der Waals surface area contributed by atoms with Gasteiger partial charge in [-0.3, -0.25) is 0 Å². The highest BCUT2D eigenvalue weighted by molar-refractivity contribution is 7.87. The molecule has 2 rings (SSSR count). The fourth-order valence-corrected chi connectivity index (χ4v) is 4.31. The van der Waals surface area contributed by atoms with Crippen molar-refractivity contribution in [3.63, 3.8) is 0 Å². The first-order chi connectivity index (χ1) is 9.12. The highest BCUT2D eigenvalue weighted by Crippen LogP contribution is 2.17. The smallest absolute Gasteiger partial charge is 0.279 e. The van der Waals surface area contributed by atoms with E-state index < -0.39 is 10.2 Å². The molecule has 1 aromatic heterocycles. The minimum Gasteiger partial charge on any atom is -0.330 e. The summed E-state index contributed by atoms with van der Waals surface area (Å²) in [6.45, 7) is 2.16. The summed E-state index contributed by atoms with van der Waals surface area (Å²) in [6.07, 6.45) is 2.66. The molecule has 0 saturated carbocycles. The third-order valence-corrected chi connectivity index (χ3v) is 5.91. The number of hydrogen-bond acceptors (Lipinski definition) is 4. The van der Waals surface area contributed by atoms with Gasteiger partial charge in [0.15, 0.2) is 0 Å². The molecule has 19 heavy (non-hydrogen) atoms. The van der Waals surface area contributed by atoms with Gasteiger partial charge in [-0.2, -0.15) is 12.7 Å². The Morgan fingerprint density at radius 1 is 1.53 bits per heavy atom. The van der Waals surface area contributed by atoms with Gasteiger partial charge >= 0.3 is 0 Å². The predicted octanol–water partition coefficient (Wildman–Crippen LogP) is 0.796. The first-order valence-electron chi connectivity index (χ1n) is 6.59. The van der Waals surface area contributed by atoms with Crippen molar-refractivity contribution in [1.82, 2.24) is 9.03 Å². The van der Waals surface area contributed by atoms with Crippen LogP contribution in [0.15, 0.2) is 17.5 Å². The molecule has 1 aliphatic rings. The first kappa shape index (κ1) is 14.9. The maximum atomic E-state index is 12.2. The van der Waals surface area contributed by atoms with E-state index in [-0.39, 0.29) is 0 Å². The molecule has 1 unspecified atom stereocenters. The van der Waals surface area contributed by atoms with E-state index in [1.54, 1.807) is 11.3 Å². The van der Waals surface area contributed by atoms with Crippen molar-refractivity contribution in [2.75, 3.05) is 26.2 Å². The molecule has 0 spiro atoms. The summed E-state index contributed by atoms with van der Waals surface area (Å²) in [4.78, 5) is 1.20. The van der Waals surface area contributed by atoms with E-state index >= 15 is 0 Å². The minimum atomic E-state index is -3.35. The molecule has 1 fully saturated rings. The molecule has 1 saturated heterocycles. The van der Waals surface area contributed by atoms with Crippen molar-refractivity contribution in [3.05, 3.63) is 22.4 Å². The molecule has 1 atom stereocenters. The van der Waals surface area contributed by atoms with Crippen LogP contribution in [0.2, 0.25) is 0 Å². The van der Waals surface area contributed by atoms with Crippen LogP contribution in [0.5, 0.6) is 0 Å². The van der Waals surface area contributed by atoms with Gasteiger partial charge in [0.05, 0.1) is 0 Å². The van der Waals surface area contributed by atoms with Gasteiger partial charge in [0.1, 0.15) is 0 Å². The van der Waals surface area contributed by atoms with Crippen molar-refractivity contribution < 1.29 is 8.42 Å². The zero-order valence-corrected chi connectivity index (χ0v) is 12.5. The van der Waals surface area contributed by atoms with Gasteiger partial charge in [0.25, 0.3) is 10.2 Å². The maximum absolute atomic E-state index is 12.2. The van der Waals surface area contributed by atoms with Crippen LogP contribution in [-0.2, 0) is 16.6 Å². The van der Waals surface area contributed by atoms with Crippen molar-refractivity contribution in [2.24, 2.45) is 11.7 Å². The Morgan fingerprint density at radius 3 is 3.05 bits per heavy atom. The Labute approximate surface area is 119 Å². The van der Waals surface area contributed by atoms with Crippen LogP contribution in [-0.4, -0.2) is 38.9 Å². The second kappa shape index (κ2) is 6.81. The monoisotopic (exact) mass is 303 g/mol. The van der Waals surface area contributed by atoms with Gasteiger partial charge in [-0.15, -0.1) is 11.3 Å². The maximum Gasteiger partial charge on any atom is 0.279 e. The average molecular weight is 303 g/mol. The Balaban J connectivity index is 1.83. The topological polar surface area (TPSA) is 75.4 Å². The molecule has 0 radical (unpaired) electrons. The third kappa shape index (κ3) is 4.25. The Morgan fingerprint density at radius 2 is 2.37 bits per heavy atom. The number of nitrogens with zero attached hydrogens (tertiary/aromatic N) is 1. The first-order valence-corrected chi connectivity index (χ1v) is 8.91. The molecule has 5 nitrogen and oxygen atoms in total. The van der Waals surface area contributed by atoms with Crippen molar-refractivity contribution in [1.29, 1.82) is 0 Å². The van der Waals surface area contributed by atoms with Crippen LogP contribution in [0.1, 0.15) is 17.7 Å². The highest BCUT2D eigenvalue weighted by Gasteiger charge is 2.27. The van der Waals surface area contributed by atoms with Crippen LogP contribution >= 0.6 is 11.3 Å². The van der Waals surface area contributed by atoms with Crippen LogP contribution in [0.4, 0.5) is 0 Å². The van der Waals surface area contributed by atoms with Crippen molar-refractivity contribution in [3.8, 4) is 0 Å². The molecule has 108 valence electrons. The second-order valence-corrected chi connectivity index (χ2v) is 7.62. The number of hydrogen-bond donors (Lipinski definition) is 2. The normalized spacial score (nSPS) is 21.6. The summed E-state index contributed by atoms with van der Waals surface area (Å²) in [7, 11) is -3.35. The Hall–Kier alpha value is -0.470. The number of rotatable bonds is 6. The quantitative estimate of drug-likeness (QED) is 0.816. The number of thiophene rings is 1. The Kier molecular flexibility index (Phi) is 5.35. The van der Waals surface area contributed by atoms with E-state index in [2.05, 4.69) is 4.72 Å². The molecule has 0 aliphatic carbocycles.